The van der Waals surface area contributed by atoms with Crippen molar-refractivity contribution in [2.45, 2.75) is 45.4 Å². The molecule has 2 N–H and O–H groups in total. The molecule has 0 unspecified atom stereocenters. The van der Waals surface area contributed by atoms with Crippen LogP contribution in [0.5, 0.6) is 5.75 Å². The fourth-order valence-electron chi connectivity index (χ4n) is 4.21. The maximum Gasteiger partial charge on any atom is 0.231 e. The van der Waals surface area contributed by atoms with E-state index in [9.17, 15) is 9.59 Å². The minimum Gasteiger partial charge on any atom is -0.497 e. The summed E-state index contributed by atoms with van der Waals surface area (Å²) in [6.45, 7) is 5.25. The highest BCUT2D eigenvalue weighted by atomic mass is 32.1. The van der Waals surface area contributed by atoms with Crippen LogP contribution in [0.25, 0.3) is 10.9 Å². The Morgan fingerprint density at radius 1 is 1.34 bits per heavy atom. The number of hydrogen-bond acceptors (Lipinski definition) is 6. The number of nitrogens with one attached hydrogen (secondary N) is 2. The maximum absolute atomic E-state index is 12.7. The van der Waals surface area contributed by atoms with Crippen molar-refractivity contribution in [2.75, 3.05) is 25.5 Å². The molecule has 0 aliphatic carbocycles. The average Bonchev–Trinajstić information content (AvgIpc) is 3.52. The number of methoxy groups -OCH3 is 1. The van der Waals surface area contributed by atoms with Crippen LogP contribution >= 0.6 is 11.3 Å². The molecular weight excluding hydrogens is 426 g/mol. The number of fused-ring (bicyclic) bond motifs is 1. The van der Waals surface area contributed by atoms with Crippen molar-refractivity contribution in [1.82, 2.24) is 20.1 Å². The molecule has 0 saturated carbocycles. The third-order valence-corrected chi connectivity index (χ3v) is 7.22. The number of likely N-dealkylation sites (tertiary alicyclic amines) is 1. The molecule has 170 valence electrons. The van der Waals surface area contributed by atoms with E-state index in [1.165, 1.54) is 11.3 Å². The van der Waals surface area contributed by atoms with E-state index < -0.39 is 0 Å². The second kappa shape index (κ2) is 9.68. The number of rotatable bonds is 9. The predicted octanol–water partition coefficient (Wildman–Crippen LogP) is 3.96. The van der Waals surface area contributed by atoms with Crippen LogP contribution in [-0.4, -0.2) is 52.1 Å². The van der Waals surface area contributed by atoms with Crippen molar-refractivity contribution < 1.29 is 14.3 Å². The van der Waals surface area contributed by atoms with Crippen molar-refractivity contribution in [3.05, 3.63) is 35.0 Å². The summed E-state index contributed by atoms with van der Waals surface area (Å²) in [6, 6.07) is 5.91. The molecular formula is C23H29N5O3S. The highest BCUT2D eigenvalue weighted by molar-refractivity contribution is 7.15. The lowest BCUT2D eigenvalue weighted by molar-refractivity contribution is -0.128. The number of carbonyl (C=O) groups excluding carboxylic acids is 2. The molecule has 1 aliphatic rings. The Balaban J connectivity index is 1.34. The molecule has 4 rings (SSSR count). The van der Waals surface area contributed by atoms with Gasteiger partial charge in [-0.05, 0) is 43.0 Å². The van der Waals surface area contributed by atoms with Gasteiger partial charge in [-0.3, -0.25) is 9.59 Å². The van der Waals surface area contributed by atoms with Gasteiger partial charge in [0.05, 0.1) is 13.0 Å². The predicted molar refractivity (Wildman–Crippen MR) is 125 cm³/mol. The largest absolute Gasteiger partial charge is 0.497 e. The monoisotopic (exact) mass is 455 g/mol. The van der Waals surface area contributed by atoms with E-state index in [2.05, 4.69) is 34.3 Å². The smallest absolute Gasteiger partial charge is 0.231 e. The minimum atomic E-state index is -0.369. The topological polar surface area (TPSA) is 100 Å². The molecule has 1 atom stereocenters. The summed E-state index contributed by atoms with van der Waals surface area (Å²) in [4.78, 5) is 30.3. The third-order valence-electron chi connectivity index (χ3n) is 6.22. The van der Waals surface area contributed by atoms with Crippen molar-refractivity contribution in [3.63, 3.8) is 0 Å². The quantitative estimate of drug-likeness (QED) is 0.509. The molecule has 3 aromatic rings. The molecule has 1 aromatic carbocycles. The maximum atomic E-state index is 12.7. The summed E-state index contributed by atoms with van der Waals surface area (Å²) in [6.07, 6.45) is 4.90. The van der Waals surface area contributed by atoms with Gasteiger partial charge in [-0.25, -0.2) is 0 Å². The molecule has 1 fully saturated rings. The second-order valence-corrected chi connectivity index (χ2v) is 9.17. The molecule has 2 amide bonds. The number of hydrogen-bond donors (Lipinski definition) is 2. The number of aromatic nitrogens is 3. The van der Waals surface area contributed by atoms with E-state index in [4.69, 9.17) is 4.74 Å². The van der Waals surface area contributed by atoms with Crippen molar-refractivity contribution in [1.29, 1.82) is 0 Å². The Labute approximate surface area is 191 Å². The Morgan fingerprint density at radius 3 is 2.91 bits per heavy atom. The van der Waals surface area contributed by atoms with Crippen LogP contribution in [0.3, 0.4) is 0 Å². The van der Waals surface area contributed by atoms with E-state index in [1.54, 1.807) is 12.0 Å². The first-order valence-corrected chi connectivity index (χ1v) is 11.9. The standard InChI is InChI=1S/C23H29N5O3S/c1-4-14(5-2)22-26-27-23(32-22)25-21(30)16-10-20(29)28(13-16)9-8-15-12-24-19-7-6-17(31-3)11-18(15)19/h6-7,11-12,14,16,24H,4-5,8-10,13H2,1-3H3,(H,25,27,30)/t16-/m1/s1. The summed E-state index contributed by atoms with van der Waals surface area (Å²) in [5, 5.41) is 13.8. The van der Waals surface area contributed by atoms with Crippen LogP contribution in [0.4, 0.5) is 5.13 Å². The first-order chi connectivity index (χ1) is 15.5. The lowest BCUT2D eigenvalue weighted by atomic mass is 10.1. The number of aromatic amines is 1. The third kappa shape index (κ3) is 4.62. The first kappa shape index (κ1) is 22.3. The number of ether oxygens (including phenoxy) is 1. The first-order valence-electron chi connectivity index (χ1n) is 11.1. The fraction of sp³-hybridized carbons (Fsp3) is 0.478. The lowest BCUT2D eigenvalue weighted by Crippen LogP contribution is -2.30. The Kier molecular flexibility index (Phi) is 6.74. The van der Waals surface area contributed by atoms with Crippen molar-refractivity contribution in [3.8, 4) is 5.75 Å². The molecule has 0 bridgehead atoms. The highest BCUT2D eigenvalue weighted by Gasteiger charge is 2.34. The van der Waals surface area contributed by atoms with Gasteiger partial charge in [-0.15, -0.1) is 10.2 Å². The number of amides is 2. The number of benzene rings is 1. The van der Waals surface area contributed by atoms with E-state index in [-0.39, 0.29) is 24.2 Å². The average molecular weight is 456 g/mol. The molecule has 0 radical (unpaired) electrons. The SMILES string of the molecule is CCC(CC)c1nnc(NC(=O)[C@@H]2CC(=O)N(CCc3c[nH]c4ccc(OC)cc34)C2)s1. The minimum absolute atomic E-state index is 0.0116. The summed E-state index contributed by atoms with van der Waals surface area (Å²) < 4.78 is 5.33. The van der Waals surface area contributed by atoms with Crippen molar-refractivity contribution in [2.24, 2.45) is 5.92 Å². The number of nitrogens with zero attached hydrogens (tertiary/aromatic N) is 3. The molecule has 2 aromatic heterocycles. The molecule has 1 saturated heterocycles. The fourth-order valence-corrected chi connectivity index (χ4v) is 5.22. The zero-order chi connectivity index (χ0) is 22.7. The highest BCUT2D eigenvalue weighted by Crippen LogP contribution is 2.29. The van der Waals surface area contributed by atoms with Gasteiger partial charge in [0.25, 0.3) is 0 Å². The van der Waals surface area contributed by atoms with Gasteiger partial charge >= 0.3 is 0 Å². The van der Waals surface area contributed by atoms with Crippen LogP contribution < -0.4 is 10.1 Å². The van der Waals surface area contributed by atoms with Crippen molar-refractivity contribution >= 4 is 39.2 Å². The Morgan fingerprint density at radius 2 is 2.16 bits per heavy atom. The molecule has 3 heterocycles. The number of H-pyrrole nitrogens is 1. The second-order valence-electron chi connectivity index (χ2n) is 8.16. The lowest BCUT2D eigenvalue weighted by Gasteiger charge is -2.16. The van der Waals surface area contributed by atoms with Gasteiger partial charge in [0.1, 0.15) is 10.8 Å². The van der Waals surface area contributed by atoms with Gasteiger partial charge in [0, 0.05) is 42.5 Å². The van der Waals surface area contributed by atoms with Crippen LogP contribution in [0.15, 0.2) is 24.4 Å². The molecule has 9 heteroatoms. The van der Waals surface area contributed by atoms with Gasteiger partial charge in [0.15, 0.2) is 0 Å². The van der Waals surface area contributed by atoms with E-state index >= 15 is 0 Å². The van der Waals surface area contributed by atoms with E-state index in [0.717, 1.165) is 40.1 Å². The molecule has 1 aliphatic heterocycles. The van der Waals surface area contributed by atoms with Crippen LogP contribution in [-0.2, 0) is 16.0 Å². The van der Waals surface area contributed by atoms with Gasteiger partial charge in [0.2, 0.25) is 16.9 Å². The van der Waals surface area contributed by atoms with Gasteiger partial charge in [-0.1, -0.05) is 25.2 Å². The summed E-state index contributed by atoms with van der Waals surface area (Å²) in [5.74, 6) is 0.649. The van der Waals surface area contributed by atoms with Gasteiger partial charge in [-0.2, -0.15) is 0 Å². The van der Waals surface area contributed by atoms with Crippen LogP contribution in [0.2, 0.25) is 0 Å². The zero-order valence-electron chi connectivity index (χ0n) is 18.7. The number of anilines is 1. The zero-order valence-corrected chi connectivity index (χ0v) is 19.5. The van der Waals surface area contributed by atoms with Crippen LogP contribution in [0.1, 0.15) is 49.6 Å². The van der Waals surface area contributed by atoms with Crippen LogP contribution in [0, 0.1) is 5.92 Å². The molecule has 0 spiro atoms. The summed E-state index contributed by atoms with van der Waals surface area (Å²) >= 11 is 1.43. The molecule has 32 heavy (non-hydrogen) atoms. The Hall–Kier alpha value is -2.94. The number of carbonyl (C=O) groups is 2. The van der Waals surface area contributed by atoms with E-state index in [1.807, 2.05) is 24.4 Å². The Bertz CT molecular complexity index is 1100. The molecule has 8 nitrogen and oxygen atoms in total. The van der Waals surface area contributed by atoms with Gasteiger partial charge < -0.3 is 19.9 Å². The summed E-state index contributed by atoms with van der Waals surface area (Å²) in [5.41, 5.74) is 2.16. The van der Waals surface area contributed by atoms with E-state index in [0.29, 0.717) is 30.6 Å². The summed E-state index contributed by atoms with van der Waals surface area (Å²) in [7, 11) is 1.65. The normalized spacial score (nSPS) is 16.3.